The molecule has 2 rings (SSSR count). The molecule has 18 heavy (non-hydrogen) atoms. The molecule has 0 amide bonds. The summed E-state index contributed by atoms with van der Waals surface area (Å²) in [5, 5.41) is 9.16. The van der Waals surface area contributed by atoms with Gasteiger partial charge in [0.1, 0.15) is 0 Å². The molecule has 100 valence electrons. The van der Waals surface area contributed by atoms with E-state index < -0.39 is 5.82 Å². The first-order valence-corrected chi connectivity index (χ1v) is 6.37. The first kappa shape index (κ1) is 13.3. The summed E-state index contributed by atoms with van der Waals surface area (Å²) in [4.78, 5) is 2.32. The Kier molecular flexibility index (Phi) is 4.55. The molecule has 0 bridgehead atoms. The minimum absolute atomic E-state index is 0.283. The van der Waals surface area contributed by atoms with Crippen LogP contribution in [0.3, 0.4) is 0 Å². The highest BCUT2D eigenvalue weighted by Gasteiger charge is 2.19. The molecule has 1 N–H and O–H groups in total. The third kappa shape index (κ3) is 3.43. The molecule has 1 aliphatic heterocycles. The first-order valence-electron chi connectivity index (χ1n) is 6.37. The van der Waals surface area contributed by atoms with E-state index in [-0.39, 0.29) is 5.75 Å². The predicted molar refractivity (Wildman–Crippen MR) is 67.9 cm³/mol. The van der Waals surface area contributed by atoms with Crippen LogP contribution < -0.4 is 0 Å². The molecule has 0 saturated carbocycles. The third-order valence-corrected chi connectivity index (χ3v) is 3.42. The molecule has 0 spiro atoms. The summed E-state index contributed by atoms with van der Waals surface area (Å²) in [5.74, 6) is -0.252. The highest BCUT2D eigenvalue weighted by Crippen LogP contribution is 2.21. The summed E-state index contributed by atoms with van der Waals surface area (Å²) in [7, 11) is 1.73. The van der Waals surface area contributed by atoms with Gasteiger partial charge in [-0.1, -0.05) is 6.07 Å². The van der Waals surface area contributed by atoms with E-state index in [4.69, 9.17) is 9.84 Å². The lowest BCUT2D eigenvalue weighted by atomic mass is 9.98. The second-order valence-corrected chi connectivity index (χ2v) is 4.98. The van der Waals surface area contributed by atoms with Crippen LogP contribution in [-0.4, -0.2) is 36.8 Å². The van der Waals surface area contributed by atoms with Gasteiger partial charge in [-0.2, -0.15) is 0 Å². The summed E-state index contributed by atoms with van der Waals surface area (Å²) < 4.78 is 18.4. The number of likely N-dealkylation sites (tertiary alicyclic amines) is 1. The number of nitrogens with zero attached hydrogens (tertiary/aromatic N) is 1. The van der Waals surface area contributed by atoms with Gasteiger partial charge in [0.2, 0.25) is 0 Å². The molecule has 1 saturated heterocycles. The van der Waals surface area contributed by atoms with Crippen LogP contribution in [0.2, 0.25) is 0 Å². The highest BCUT2D eigenvalue weighted by molar-refractivity contribution is 5.27. The van der Waals surface area contributed by atoms with E-state index in [0.717, 1.165) is 38.2 Å². The summed E-state index contributed by atoms with van der Waals surface area (Å²) in [5.41, 5.74) is 0.906. The van der Waals surface area contributed by atoms with Gasteiger partial charge in [0.15, 0.2) is 11.6 Å². The van der Waals surface area contributed by atoms with Gasteiger partial charge >= 0.3 is 0 Å². The molecule has 0 aliphatic carbocycles. The van der Waals surface area contributed by atoms with Crippen LogP contribution in [0.4, 0.5) is 4.39 Å². The molecule has 1 fully saturated rings. The maximum Gasteiger partial charge on any atom is 0.165 e. The van der Waals surface area contributed by atoms with Crippen LogP contribution in [0.15, 0.2) is 18.2 Å². The maximum atomic E-state index is 13.2. The summed E-state index contributed by atoms with van der Waals surface area (Å²) in [6, 6.07) is 4.61. The molecule has 0 aromatic heterocycles. The predicted octanol–water partition coefficient (Wildman–Crippen LogP) is 2.39. The number of ether oxygens (including phenoxy) is 1. The van der Waals surface area contributed by atoms with Crippen molar-refractivity contribution in [3.05, 3.63) is 29.6 Å². The fourth-order valence-corrected chi connectivity index (χ4v) is 2.57. The van der Waals surface area contributed by atoms with Crippen molar-refractivity contribution in [1.29, 1.82) is 0 Å². The molecule has 0 radical (unpaired) electrons. The lowest BCUT2D eigenvalue weighted by molar-refractivity contribution is 0.0873. The standard InChI is InChI=1S/C14H20FNO2/c1-18-10-12-3-2-6-16(9-12)8-11-4-5-14(17)13(15)7-11/h4-5,7,12,17H,2-3,6,8-10H2,1H3. The smallest absolute Gasteiger partial charge is 0.165 e. The van der Waals surface area contributed by atoms with Gasteiger partial charge in [0, 0.05) is 20.2 Å². The Bertz CT molecular complexity index is 395. The van der Waals surface area contributed by atoms with Crippen molar-refractivity contribution in [2.45, 2.75) is 19.4 Å². The molecule has 1 heterocycles. The molecule has 4 heteroatoms. The zero-order valence-electron chi connectivity index (χ0n) is 10.7. The minimum Gasteiger partial charge on any atom is -0.505 e. The van der Waals surface area contributed by atoms with Crippen LogP contribution in [-0.2, 0) is 11.3 Å². The van der Waals surface area contributed by atoms with Crippen molar-refractivity contribution in [3.63, 3.8) is 0 Å². The topological polar surface area (TPSA) is 32.7 Å². The summed E-state index contributed by atoms with van der Waals surface area (Å²) in [6.45, 7) is 3.57. The second-order valence-electron chi connectivity index (χ2n) is 4.98. The van der Waals surface area contributed by atoms with E-state index in [1.165, 1.54) is 18.6 Å². The molecule has 3 nitrogen and oxygen atoms in total. The Morgan fingerprint density at radius 3 is 3.06 bits per heavy atom. The number of methoxy groups -OCH3 is 1. The van der Waals surface area contributed by atoms with Crippen LogP contribution in [0.5, 0.6) is 5.75 Å². The largest absolute Gasteiger partial charge is 0.505 e. The van der Waals surface area contributed by atoms with Crippen LogP contribution in [0.25, 0.3) is 0 Å². The van der Waals surface area contributed by atoms with E-state index in [9.17, 15) is 4.39 Å². The zero-order chi connectivity index (χ0) is 13.0. The van der Waals surface area contributed by atoms with Crippen LogP contribution >= 0.6 is 0 Å². The van der Waals surface area contributed by atoms with E-state index in [0.29, 0.717) is 5.92 Å². The lowest BCUT2D eigenvalue weighted by Crippen LogP contribution is -2.36. The van der Waals surface area contributed by atoms with Gasteiger partial charge in [0.05, 0.1) is 6.61 Å². The van der Waals surface area contributed by atoms with E-state index in [1.807, 2.05) is 0 Å². The number of hydrogen-bond acceptors (Lipinski definition) is 3. The number of phenols is 1. The van der Waals surface area contributed by atoms with Crippen LogP contribution in [0.1, 0.15) is 18.4 Å². The quantitative estimate of drug-likeness (QED) is 0.894. The third-order valence-electron chi connectivity index (χ3n) is 3.42. The van der Waals surface area contributed by atoms with Gasteiger partial charge in [-0.3, -0.25) is 4.90 Å². The lowest BCUT2D eigenvalue weighted by Gasteiger charge is -2.32. The van der Waals surface area contributed by atoms with Crippen molar-refractivity contribution >= 4 is 0 Å². The second kappa shape index (κ2) is 6.16. The first-order chi connectivity index (χ1) is 8.69. The van der Waals surface area contributed by atoms with Gasteiger partial charge in [0.25, 0.3) is 0 Å². The number of aromatic hydroxyl groups is 1. The SMILES string of the molecule is COCC1CCCN(Cc2ccc(O)c(F)c2)C1. The average molecular weight is 253 g/mol. The Morgan fingerprint density at radius 1 is 1.50 bits per heavy atom. The average Bonchev–Trinajstić information content (AvgIpc) is 2.35. The number of hydrogen-bond donors (Lipinski definition) is 1. The van der Waals surface area contributed by atoms with Crippen molar-refractivity contribution < 1.29 is 14.2 Å². The van der Waals surface area contributed by atoms with Gasteiger partial charge in [-0.05, 0) is 43.0 Å². The monoisotopic (exact) mass is 253 g/mol. The molecule has 1 atom stereocenters. The maximum absolute atomic E-state index is 13.2. The Hall–Kier alpha value is -1.13. The van der Waals surface area contributed by atoms with Crippen molar-refractivity contribution in [2.75, 3.05) is 26.8 Å². The molecular formula is C14H20FNO2. The summed E-state index contributed by atoms with van der Waals surface area (Å²) >= 11 is 0. The van der Waals surface area contributed by atoms with Gasteiger partial charge in [-0.25, -0.2) is 4.39 Å². The zero-order valence-corrected chi connectivity index (χ0v) is 10.7. The number of halogens is 1. The Morgan fingerprint density at radius 2 is 2.33 bits per heavy atom. The number of phenolic OH excluding ortho intramolecular Hbond substituents is 1. The normalized spacial score (nSPS) is 21.1. The molecule has 1 unspecified atom stereocenters. The number of rotatable bonds is 4. The van der Waals surface area contributed by atoms with E-state index in [2.05, 4.69) is 4.90 Å². The number of piperidine rings is 1. The molecular weight excluding hydrogens is 233 g/mol. The highest BCUT2D eigenvalue weighted by atomic mass is 19.1. The van der Waals surface area contributed by atoms with Crippen molar-refractivity contribution in [1.82, 2.24) is 4.90 Å². The Balaban J connectivity index is 1.93. The van der Waals surface area contributed by atoms with Crippen molar-refractivity contribution in [3.8, 4) is 5.75 Å². The van der Waals surface area contributed by atoms with Crippen molar-refractivity contribution in [2.24, 2.45) is 5.92 Å². The molecule has 1 aliphatic rings. The minimum atomic E-state index is -0.544. The summed E-state index contributed by atoms with van der Waals surface area (Å²) in [6.07, 6.45) is 2.36. The molecule has 1 aromatic carbocycles. The van der Waals surface area contributed by atoms with Crippen LogP contribution in [0, 0.1) is 11.7 Å². The van der Waals surface area contributed by atoms with Gasteiger partial charge < -0.3 is 9.84 Å². The molecule has 1 aromatic rings. The number of benzene rings is 1. The Labute approximate surface area is 107 Å². The van der Waals surface area contributed by atoms with Gasteiger partial charge in [-0.15, -0.1) is 0 Å². The van der Waals surface area contributed by atoms with E-state index >= 15 is 0 Å². The fraction of sp³-hybridized carbons (Fsp3) is 0.571. The van der Waals surface area contributed by atoms with E-state index in [1.54, 1.807) is 13.2 Å². The fourth-order valence-electron chi connectivity index (χ4n) is 2.57.